The number of nitrogens with zero attached hydrogens (tertiary/aromatic N) is 2. The maximum atomic E-state index is 13.7. The molecule has 0 aliphatic heterocycles. The fourth-order valence-electron chi connectivity index (χ4n) is 2.43. The van der Waals surface area contributed by atoms with E-state index in [1.54, 1.807) is 13.8 Å². The first-order chi connectivity index (χ1) is 12.7. The molecule has 27 heavy (non-hydrogen) atoms. The second-order valence-corrected chi connectivity index (χ2v) is 7.27. The summed E-state index contributed by atoms with van der Waals surface area (Å²) < 4.78 is 67.1. The number of aromatic nitrogens is 3. The first-order valence-corrected chi connectivity index (χ1v) is 9.08. The van der Waals surface area contributed by atoms with Crippen molar-refractivity contribution in [2.75, 3.05) is 10.0 Å². The van der Waals surface area contributed by atoms with Gasteiger partial charge in [0.25, 0.3) is 10.0 Å². The van der Waals surface area contributed by atoms with Crippen molar-refractivity contribution in [1.29, 1.82) is 0 Å². The van der Waals surface area contributed by atoms with Gasteiger partial charge in [-0.25, -0.2) is 26.6 Å². The van der Waals surface area contributed by atoms with Crippen LogP contribution in [0.25, 0.3) is 0 Å². The van der Waals surface area contributed by atoms with Gasteiger partial charge in [-0.15, -0.1) is 0 Å². The highest BCUT2D eigenvalue weighted by molar-refractivity contribution is 7.92. The third-order valence-electron chi connectivity index (χ3n) is 3.64. The van der Waals surface area contributed by atoms with E-state index in [2.05, 4.69) is 25.2 Å². The number of hydrogen-bond acceptors (Lipinski definition) is 5. The summed E-state index contributed by atoms with van der Waals surface area (Å²) in [6.45, 7) is 3.13. The Labute approximate surface area is 152 Å². The van der Waals surface area contributed by atoms with E-state index in [4.69, 9.17) is 0 Å². The molecule has 2 aromatic heterocycles. The molecule has 1 aromatic carbocycles. The van der Waals surface area contributed by atoms with Crippen LogP contribution in [0.1, 0.15) is 11.4 Å². The number of halogens is 3. The second-order valence-electron chi connectivity index (χ2n) is 5.65. The minimum atomic E-state index is -3.88. The van der Waals surface area contributed by atoms with Crippen LogP contribution in [0.5, 0.6) is 0 Å². The van der Waals surface area contributed by atoms with E-state index in [1.807, 2.05) is 0 Å². The molecule has 0 spiro atoms. The van der Waals surface area contributed by atoms with Crippen LogP contribution in [0.4, 0.5) is 30.4 Å². The van der Waals surface area contributed by atoms with Crippen LogP contribution in [0.3, 0.4) is 0 Å². The SMILES string of the molecule is Cc1n[nH]c(C)c1S(=O)(=O)Nc1ccc(Nc2ccc(F)c(F)c2F)nc1. The predicted molar refractivity (Wildman–Crippen MR) is 92.7 cm³/mol. The summed E-state index contributed by atoms with van der Waals surface area (Å²) in [6.07, 6.45) is 1.20. The van der Waals surface area contributed by atoms with Crippen LogP contribution >= 0.6 is 0 Å². The smallest absolute Gasteiger partial charge is 0.265 e. The first kappa shape index (κ1) is 18.7. The van der Waals surface area contributed by atoms with Gasteiger partial charge < -0.3 is 5.32 Å². The largest absolute Gasteiger partial charge is 0.338 e. The summed E-state index contributed by atoms with van der Waals surface area (Å²) in [6, 6.07) is 4.54. The molecule has 0 radical (unpaired) electrons. The highest BCUT2D eigenvalue weighted by Gasteiger charge is 2.22. The lowest BCUT2D eigenvalue weighted by atomic mass is 10.2. The van der Waals surface area contributed by atoms with Crippen molar-refractivity contribution >= 4 is 27.2 Å². The zero-order chi connectivity index (χ0) is 19.8. The molecule has 0 aliphatic rings. The highest BCUT2D eigenvalue weighted by Crippen LogP contribution is 2.24. The minimum absolute atomic E-state index is 0.0357. The van der Waals surface area contributed by atoms with E-state index in [1.165, 1.54) is 18.3 Å². The van der Waals surface area contributed by atoms with Crippen molar-refractivity contribution in [3.05, 3.63) is 59.3 Å². The Balaban J connectivity index is 1.79. The quantitative estimate of drug-likeness (QED) is 0.573. The molecule has 3 rings (SSSR count). The fourth-order valence-corrected chi connectivity index (χ4v) is 3.85. The van der Waals surface area contributed by atoms with E-state index >= 15 is 0 Å². The standard InChI is InChI=1S/C16H14F3N5O2S/c1-8-16(9(2)23-22-8)27(25,26)24-10-3-6-13(20-7-10)21-12-5-4-11(17)14(18)15(12)19/h3-7,24H,1-2H3,(H,20,21)(H,22,23). The maximum Gasteiger partial charge on any atom is 0.265 e. The lowest BCUT2D eigenvalue weighted by Crippen LogP contribution is -2.14. The Kier molecular flexibility index (Phi) is 4.79. The number of pyridine rings is 1. The molecule has 3 N–H and O–H groups in total. The number of aryl methyl sites for hydroxylation is 2. The van der Waals surface area contributed by atoms with Crippen LogP contribution in [-0.2, 0) is 10.0 Å². The van der Waals surface area contributed by atoms with E-state index in [-0.39, 0.29) is 22.1 Å². The summed E-state index contributed by atoms with van der Waals surface area (Å²) in [5, 5.41) is 8.93. The number of nitrogens with one attached hydrogen (secondary N) is 3. The highest BCUT2D eigenvalue weighted by atomic mass is 32.2. The summed E-state index contributed by atoms with van der Waals surface area (Å²) in [5.41, 5.74) is 0.561. The molecular weight excluding hydrogens is 383 g/mol. The number of benzene rings is 1. The second kappa shape index (κ2) is 6.91. The summed E-state index contributed by atoms with van der Waals surface area (Å²) >= 11 is 0. The summed E-state index contributed by atoms with van der Waals surface area (Å²) in [4.78, 5) is 3.97. The molecule has 0 aliphatic carbocycles. The summed E-state index contributed by atoms with van der Waals surface area (Å²) in [7, 11) is -3.88. The molecule has 0 saturated carbocycles. The Hall–Kier alpha value is -3.08. The van der Waals surface area contributed by atoms with Gasteiger partial charge in [0.15, 0.2) is 17.5 Å². The Morgan fingerprint density at radius 1 is 1.04 bits per heavy atom. The van der Waals surface area contributed by atoms with E-state index < -0.39 is 27.5 Å². The molecule has 0 atom stereocenters. The van der Waals surface area contributed by atoms with Gasteiger partial charge in [-0.1, -0.05) is 0 Å². The monoisotopic (exact) mass is 397 g/mol. The van der Waals surface area contributed by atoms with E-state index in [0.29, 0.717) is 11.4 Å². The number of rotatable bonds is 5. The summed E-state index contributed by atoms with van der Waals surface area (Å²) in [5.74, 6) is -4.18. The molecule has 2 heterocycles. The van der Waals surface area contributed by atoms with Crippen molar-refractivity contribution in [3.63, 3.8) is 0 Å². The zero-order valence-corrected chi connectivity index (χ0v) is 15.0. The Morgan fingerprint density at radius 2 is 1.78 bits per heavy atom. The average Bonchev–Trinajstić information content (AvgIpc) is 2.96. The van der Waals surface area contributed by atoms with Crippen LogP contribution in [0.2, 0.25) is 0 Å². The third kappa shape index (κ3) is 3.72. The van der Waals surface area contributed by atoms with Gasteiger partial charge in [0, 0.05) is 0 Å². The number of hydrogen-bond donors (Lipinski definition) is 3. The van der Waals surface area contributed by atoms with Crippen LogP contribution in [0, 0.1) is 31.3 Å². The third-order valence-corrected chi connectivity index (χ3v) is 5.29. The molecule has 0 unspecified atom stereocenters. The lowest BCUT2D eigenvalue weighted by molar-refractivity contribution is 0.449. The van der Waals surface area contributed by atoms with Gasteiger partial charge in [-0.05, 0) is 38.1 Å². The molecule has 142 valence electrons. The number of sulfonamides is 1. The Morgan fingerprint density at radius 3 is 2.37 bits per heavy atom. The van der Waals surface area contributed by atoms with Crippen LogP contribution in [-0.4, -0.2) is 23.6 Å². The zero-order valence-electron chi connectivity index (χ0n) is 14.1. The van der Waals surface area contributed by atoms with Gasteiger partial charge in [-0.2, -0.15) is 5.10 Å². The molecule has 0 fully saturated rings. The first-order valence-electron chi connectivity index (χ1n) is 7.60. The maximum absolute atomic E-state index is 13.7. The number of aromatic amines is 1. The molecule has 3 aromatic rings. The van der Waals surface area contributed by atoms with Gasteiger partial charge in [0.1, 0.15) is 10.7 Å². The van der Waals surface area contributed by atoms with Crippen molar-refractivity contribution in [3.8, 4) is 0 Å². The molecule has 0 bridgehead atoms. The minimum Gasteiger partial charge on any atom is -0.338 e. The molecule has 0 amide bonds. The van der Waals surface area contributed by atoms with Crippen molar-refractivity contribution in [2.45, 2.75) is 18.7 Å². The molecule has 0 saturated heterocycles. The lowest BCUT2D eigenvalue weighted by Gasteiger charge is -2.10. The number of H-pyrrole nitrogens is 1. The van der Waals surface area contributed by atoms with Crippen LogP contribution in [0.15, 0.2) is 35.4 Å². The van der Waals surface area contributed by atoms with Crippen molar-refractivity contribution in [1.82, 2.24) is 15.2 Å². The van der Waals surface area contributed by atoms with Gasteiger partial charge in [-0.3, -0.25) is 9.82 Å². The van der Waals surface area contributed by atoms with Crippen molar-refractivity contribution < 1.29 is 21.6 Å². The fraction of sp³-hybridized carbons (Fsp3) is 0.125. The topological polar surface area (TPSA) is 99.8 Å². The molecule has 11 heteroatoms. The van der Waals surface area contributed by atoms with Crippen LogP contribution < -0.4 is 10.0 Å². The van der Waals surface area contributed by atoms with Gasteiger partial charge in [0.2, 0.25) is 0 Å². The number of anilines is 3. The normalized spacial score (nSPS) is 11.4. The van der Waals surface area contributed by atoms with Gasteiger partial charge in [0.05, 0.1) is 29.0 Å². The van der Waals surface area contributed by atoms with E-state index in [9.17, 15) is 21.6 Å². The predicted octanol–water partition coefficient (Wildman–Crippen LogP) is 3.38. The molecular formula is C16H14F3N5O2S. The van der Waals surface area contributed by atoms with Crippen molar-refractivity contribution in [2.24, 2.45) is 0 Å². The van der Waals surface area contributed by atoms with Gasteiger partial charge >= 0.3 is 0 Å². The Bertz CT molecular complexity index is 1080. The average molecular weight is 397 g/mol. The molecule has 7 nitrogen and oxygen atoms in total. The van der Waals surface area contributed by atoms with E-state index in [0.717, 1.165) is 12.1 Å².